The van der Waals surface area contributed by atoms with Gasteiger partial charge in [-0.15, -0.1) is 0 Å². The standard InChI is InChI=1S/C10H9ClN2O2/c11-8-3-1-7(2-4-8)10-12-9(5-6-14)15-13-10/h1-4,14H,5-6H2. The lowest BCUT2D eigenvalue weighted by molar-refractivity contribution is 0.274. The minimum Gasteiger partial charge on any atom is -0.396 e. The predicted octanol–water partition coefficient (Wildman–Crippen LogP) is 1.92. The lowest BCUT2D eigenvalue weighted by Crippen LogP contribution is -1.90. The molecule has 0 atom stereocenters. The highest BCUT2D eigenvalue weighted by Gasteiger charge is 2.07. The zero-order chi connectivity index (χ0) is 10.7. The molecule has 5 heteroatoms. The van der Waals surface area contributed by atoms with Crippen LogP contribution in [0, 0.1) is 0 Å². The molecule has 1 N–H and O–H groups in total. The first-order valence-electron chi connectivity index (χ1n) is 4.49. The van der Waals surface area contributed by atoms with Crippen LogP contribution in [-0.2, 0) is 6.42 Å². The van der Waals surface area contributed by atoms with Gasteiger partial charge in [0.25, 0.3) is 0 Å². The van der Waals surface area contributed by atoms with Crippen molar-refractivity contribution in [2.45, 2.75) is 6.42 Å². The smallest absolute Gasteiger partial charge is 0.229 e. The number of aromatic nitrogens is 2. The lowest BCUT2D eigenvalue weighted by Gasteiger charge is -1.93. The van der Waals surface area contributed by atoms with Gasteiger partial charge in [0, 0.05) is 10.6 Å². The number of aliphatic hydroxyl groups excluding tert-OH is 1. The van der Waals surface area contributed by atoms with Gasteiger partial charge in [-0.1, -0.05) is 16.8 Å². The van der Waals surface area contributed by atoms with Crippen LogP contribution >= 0.6 is 11.6 Å². The van der Waals surface area contributed by atoms with E-state index in [1.807, 2.05) is 12.1 Å². The maximum Gasteiger partial charge on any atom is 0.229 e. The van der Waals surface area contributed by atoms with Crippen LogP contribution in [-0.4, -0.2) is 21.9 Å². The second kappa shape index (κ2) is 4.42. The van der Waals surface area contributed by atoms with Gasteiger partial charge in [-0.3, -0.25) is 0 Å². The lowest BCUT2D eigenvalue weighted by atomic mass is 10.2. The van der Waals surface area contributed by atoms with Gasteiger partial charge in [-0.25, -0.2) is 0 Å². The van der Waals surface area contributed by atoms with Crippen molar-refractivity contribution in [1.82, 2.24) is 10.1 Å². The summed E-state index contributed by atoms with van der Waals surface area (Å²) in [4.78, 5) is 4.12. The molecule has 0 radical (unpaired) electrons. The summed E-state index contributed by atoms with van der Waals surface area (Å²) >= 11 is 5.76. The molecule has 1 aromatic heterocycles. The fourth-order valence-corrected chi connectivity index (χ4v) is 1.29. The fraction of sp³-hybridized carbons (Fsp3) is 0.200. The topological polar surface area (TPSA) is 59.2 Å². The highest BCUT2D eigenvalue weighted by Crippen LogP contribution is 2.18. The highest BCUT2D eigenvalue weighted by atomic mass is 35.5. The number of hydrogen-bond donors (Lipinski definition) is 1. The van der Waals surface area contributed by atoms with Crippen LogP contribution in [0.2, 0.25) is 5.02 Å². The molecule has 1 aromatic carbocycles. The van der Waals surface area contributed by atoms with Crippen LogP contribution in [0.5, 0.6) is 0 Å². The Hall–Kier alpha value is -1.39. The second-order valence-electron chi connectivity index (χ2n) is 2.99. The molecular weight excluding hydrogens is 216 g/mol. The highest BCUT2D eigenvalue weighted by molar-refractivity contribution is 6.30. The second-order valence-corrected chi connectivity index (χ2v) is 3.43. The quantitative estimate of drug-likeness (QED) is 0.866. The van der Waals surface area contributed by atoms with Crippen LogP contribution < -0.4 is 0 Å². The average molecular weight is 225 g/mol. The maximum atomic E-state index is 8.69. The summed E-state index contributed by atoms with van der Waals surface area (Å²) in [6.07, 6.45) is 0.376. The molecule has 1 heterocycles. The van der Waals surface area contributed by atoms with E-state index in [9.17, 15) is 0 Å². The summed E-state index contributed by atoms with van der Waals surface area (Å²) < 4.78 is 4.94. The first kappa shape index (κ1) is 10.1. The molecule has 0 aliphatic rings. The molecule has 15 heavy (non-hydrogen) atoms. The van der Waals surface area contributed by atoms with Gasteiger partial charge in [-0.2, -0.15) is 4.98 Å². The van der Waals surface area contributed by atoms with Crippen molar-refractivity contribution in [2.75, 3.05) is 6.61 Å². The van der Waals surface area contributed by atoms with Crippen LogP contribution in [0.25, 0.3) is 11.4 Å². The molecule has 2 aromatic rings. The SMILES string of the molecule is OCCc1nc(-c2ccc(Cl)cc2)no1. The van der Waals surface area contributed by atoms with Crippen LogP contribution in [0.15, 0.2) is 28.8 Å². The minimum atomic E-state index is 0.00223. The van der Waals surface area contributed by atoms with Crippen molar-refractivity contribution in [3.05, 3.63) is 35.2 Å². The first-order chi connectivity index (χ1) is 7.29. The third-order valence-corrected chi connectivity index (χ3v) is 2.15. The number of nitrogens with zero attached hydrogens (tertiary/aromatic N) is 2. The van der Waals surface area contributed by atoms with E-state index in [4.69, 9.17) is 21.2 Å². The molecule has 0 saturated heterocycles. The number of aliphatic hydroxyl groups is 1. The number of hydrogen-bond acceptors (Lipinski definition) is 4. The Bertz CT molecular complexity index is 439. The maximum absolute atomic E-state index is 8.69. The minimum absolute atomic E-state index is 0.00223. The molecule has 0 aliphatic heterocycles. The van der Waals surface area contributed by atoms with Crippen molar-refractivity contribution in [2.24, 2.45) is 0 Å². The molecule has 0 unspecified atom stereocenters. The van der Waals surface area contributed by atoms with Gasteiger partial charge >= 0.3 is 0 Å². The Morgan fingerprint density at radius 2 is 2.00 bits per heavy atom. The zero-order valence-corrected chi connectivity index (χ0v) is 8.61. The Morgan fingerprint density at radius 1 is 1.27 bits per heavy atom. The van der Waals surface area contributed by atoms with Gasteiger partial charge in [0.05, 0.1) is 13.0 Å². The summed E-state index contributed by atoms with van der Waals surface area (Å²) in [6.45, 7) is 0.00223. The van der Waals surface area contributed by atoms with Crippen molar-refractivity contribution in [3.63, 3.8) is 0 Å². The van der Waals surface area contributed by atoms with E-state index in [1.165, 1.54) is 0 Å². The molecular formula is C10H9ClN2O2. The Kier molecular flexibility index (Phi) is 2.99. The van der Waals surface area contributed by atoms with Crippen LogP contribution in [0.1, 0.15) is 5.89 Å². The Balaban J connectivity index is 2.25. The molecule has 4 nitrogen and oxygen atoms in total. The van der Waals surface area contributed by atoms with Gasteiger partial charge in [0.1, 0.15) is 0 Å². The molecule has 2 rings (SSSR count). The van der Waals surface area contributed by atoms with Gasteiger partial charge < -0.3 is 9.63 Å². The summed E-state index contributed by atoms with van der Waals surface area (Å²) in [6, 6.07) is 7.16. The van der Waals surface area contributed by atoms with E-state index in [0.717, 1.165) is 5.56 Å². The number of benzene rings is 1. The van der Waals surface area contributed by atoms with E-state index >= 15 is 0 Å². The number of rotatable bonds is 3. The third kappa shape index (κ3) is 2.34. The van der Waals surface area contributed by atoms with E-state index in [0.29, 0.717) is 23.2 Å². The molecule has 78 valence electrons. The Morgan fingerprint density at radius 3 is 2.67 bits per heavy atom. The van der Waals surface area contributed by atoms with Crippen LogP contribution in [0.4, 0.5) is 0 Å². The molecule has 0 saturated carbocycles. The molecule has 0 spiro atoms. The van der Waals surface area contributed by atoms with Gasteiger partial charge in [0.2, 0.25) is 11.7 Å². The largest absolute Gasteiger partial charge is 0.396 e. The third-order valence-electron chi connectivity index (χ3n) is 1.90. The van der Waals surface area contributed by atoms with Crippen molar-refractivity contribution in [1.29, 1.82) is 0 Å². The molecule has 0 aliphatic carbocycles. The predicted molar refractivity (Wildman–Crippen MR) is 55.5 cm³/mol. The summed E-state index contributed by atoms with van der Waals surface area (Å²) in [5.41, 5.74) is 0.840. The van der Waals surface area contributed by atoms with E-state index in [2.05, 4.69) is 10.1 Å². The molecule has 0 fully saturated rings. The Labute approximate surface area is 91.5 Å². The first-order valence-corrected chi connectivity index (χ1v) is 4.87. The molecule has 0 bridgehead atoms. The van der Waals surface area contributed by atoms with Crippen LogP contribution in [0.3, 0.4) is 0 Å². The average Bonchev–Trinajstić information content (AvgIpc) is 2.68. The fourth-order valence-electron chi connectivity index (χ4n) is 1.17. The van der Waals surface area contributed by atoms with Crippen molar-refractivity contribution >= 4 is 11.6 Å². The number of halogens is 1. The summed E-state index contributed by atoms with van der Waals surface area (Å²) in [7, 11) is 0. The van der Waals surface area contributed by atoms with Crippen molar-refractivity contribution < 1.29 is 9.63 Å². The summed E-state index contributed by atoms with van der Waals surface area (Å²) in [5.74, 6) is 0.942. The van der Waals surface area contributed by atoms with Gasteiger partial charge in [0.15, 0.2) is 0 Å². The summed E-state index contributed by atoms with van der Waals surface area (Å²) in [5, 5.41) is 13.1. The van der Waals surface area contributed by atoms with E-state index < -0.39 is 0 Å². The van der Waals surface area contributed by atoms with Gasteiger partial charge in [-0.05, 0) is 24.3 Å². The van der Waals surface area contributed by atoms with Crippen molar-refractivity contribution in [3.8, 4) is 11.4 Å². The monoisotopic (exact) mass is 224 g/mol. The van der Waals surface area contributed by atoms with E-state index in [-0.39, 0.29) is 6.61 Å². The molecule has 0 amide bonds. The zero-order valence-electron chi connectivity index (χ0n) is 7.85. The normalized spacial score (nSPS) is 10.5. The van der Waals surface area contributed by atoms with E-state index in [1.54, 1.807) is 12.1 Å².